The first-order valence-electron chi connectivity index (χ1n) is 6.17. The molecule has 0 N–H and O–H groups in total. The Morgan fingerprint density at radius 1 is 1.59 bits per heavy atom. The van der Waals surface area contributed by atoms with Gasteiger partial charge in [0.05, 0.1) is 13.2 Å². The van der Waals surface area contributed by atoms with Gasteiger partial charge in [0, 0.05) is 11.4 Å². The van der Waals surface area contributed by atoms with Crippen molar-refractivity contribution in [1.29, 1.82) is 0 Å². The number of amides is 1. The molecular formula is C13H19NO2S. The van der Waals surface area contributed by atoms with Crippen molar-refractivity contribution in [1.82, 2.24) is 4.90 Å². The van der Waals surface area contributed by atoms with E-state index in [-0.39, 0.29) is 12.5 Å². The summed E-state index contributed by atoms with van der Waals surface area (Å²) < 4.78 is 5.43. The summed E-state index contributed by atoms with van der Waals surface area (Å²) in [6, 6.07) is 4.08. The van der Waals surface area contributed by atoms with Crippen molar-refractivity contribution in [2.75, 3.05) is 19.8 Å². The van der Waals surface area contributed by atoms with Crippen LogP contribution in [0, 0.1) is 5.92 Å². The molecule has 0 saturated heterocycles. The molecule has 0 spiro atoms. The number of thiophene rings is 1. The molecule has 0 aliphatic heterocycles. The lowest BCUT2D eigenvalue weighted by atomic mass is 10.4. The standard InChI is InChI=1S/C13H19NO2S/c1-2-14(8-12-4-3-7-17-12)13(15)10-16-9-11-5-6-11/h3-4,7,11H,2,5-6,8-10H2,1H3. The SMILES string of the molecule is CCN(Cc1cccs1)C(=O)COCC1CC1. The summed E-state index contributed by atoms with van der Waals surface area (Å²) in [6.07, 6.45) is 2.53. The molecule has 4 heteroatoms. The molecular weight excluding hydrogens is 234 g/mol. The van der Waals surface area contributed by atoms with Gasteiger partial charge >= 0.3 is 0 Å². The minimum Gasteiger partial charge on any atom is -0.371 e. The molecule has 1 aromatic rings. The minimum atomic E-state index is 0.0987. The van der Waals surface area contributed by atoms with Crippen LogP contribution in [0.2, 0.25) is 0 Å². The van der Waals surface area contributed by atoms with E-state index in [4.69, 9.17) is 4.74 Å². The second-order valence-corrected chi connectivity index (χ2v) is 5.48. The van der Waals surface area contributed by atoms with Gasteiger partial charge in [-0.05, 0) is 37.1 Å². The van der Waals surface area contributed by atoms with Crippen LogP contribution in [-0.4, -0.2) is 30.6 Å². The number of nitrogens with zero attached hydrogens (tertiary/aromatic N) is 1. The van der Waals surface area contributed by atoms with Crippen LogP contribution >= 0.6 is 11.3 Å². The first-order chi connectivity index (χ1) is 8.29. The lowest BCUT2D eigenvalue weighted by molar-refractivity contribution is -0.136. The van der Waals surface area contributed by atoms with E-state index in [2.05, 4.69) is 6.07 Å². The molecule has 1 aliphatic carbocycles. The Hall–Kier alpha value is -0.870. The molecule has 3 nitrogen and oxygen atoms in total. The Morgan fingerprint density at radius 3 is 3.00 bits per heavy atom. The third kappa shape index (κ3) is 4.13. The minimum absolute atomic E-state index is 0.0987. The number of hydrogen-bond donors (Lipinski definition) is 0. The highest BCUT2D eigenvalue weighted by molar-refractivity contribution is 7.09. The molecule has 0 unspecified atom stereocenters. The second kappa shape index (κ2) is 6.17. The summed E-state index contributed by atoms with van der Waals surface area (Å²) >= 11 is 1.69. The van der Waals surface area contributed by atoms with Crippen LogP contribution < -0.4 is 0 Å². The van der Waals surface area contributed by atoms with Crippen LogP contribution in [0.5, 0.6) is 0 Å². The van der Waals surface area contributed by atoms with Gasteiger partial charge in [-0.15, -0.1) is 11.3 Å². The number of carbonyl (C=O) groups excluding carboxylic acids is 1. The van der Waals surface area contributed by atoms with E-state index >= 15 is 0 Å². The Morgan fingerprint density at radius 2 is 2.41 bits per heavy atom. The number of ether oxygens (including phenoxy) is 1. The number of likely N-dealkylation sites (N-methyl/N-ethyl adjacent to an activating group) is 1. The maximum atomic E-state index is 11.9. The summed E-state index contributed by atoms with van der Waals surface area (Å²) in [5, 5.41) is 2.04. The summed E-state index contributed by atoms with van der Waals surface area (Å²) in [7, 11) is 0. The third-order valence-corrected chi connectivity index (χ3v) is 3.80. The average Bonchev–Trinajstić information content (AvgIpc) is 3.01. The van der Waals surface area contributed by atoms with E-state index in [0.29, 0.717) is 6.54 Å². The van der Waals surface area contributed by atoms with Gasteiger partial charge in [0.1, 0.15) is 6.61 Å². The summed E-state index contributed by atoms with van der Waals surface area (Å²) in [5.41, 5.74) is 0. The van der Waals surface area contributed by atoms with Gasteiger partial charge < -0.3 is 9.64 Å². The van der Waals surface area contributed by atoms with Gasteiger partial charge in [-0.3, -0.25) is 4.79 Å². The Bertz CT molecular complexity index is 346. The fraction of sp³-hybridized carbons (Fsp3) is 0.615. The lowest BCUT2D eigenvalue weighted by Gasteiger charge is -2.20. The molecule has 1 amide bonds. The van der Waals surface area contributed by atoms with Crippen molar-refractivity contribution < 1.29 is 9.53 Å². The molecule has 94 valence electrons. The molecule has 1 aromatic heterocycles. The molecule has 1 fully saturated rings. The van der Waals surface area contributed by atoms with Crippen LogP contribution in [0.1, 0.15) is 24.6 Å². The van der Waals surface area contributed by atoms with E-state index in [1.165, 1.54) is 17.7 Å². The van der Waals surface area contributed by atoms with Gasteiger partial charge in [0.25, 0.3) is 0 Å². The third-order valence-electron chi connectivity index (χ3n) is 2.94. The van der Waals surface area contributed by atoms with Gasteiger partial charge in [-0.2, -0.15) is 0 Å². The molecule has 0 aromatic carbocycles. The first kappa shape index (κ1) is 12.6. The van der Waals surface area contributed by atoms with Gasteiger partial charge in [-0.25, -0.2) is 0 Å². The Labute approximate surface area is 106 Å². The topological polar surface area (TPSA) is 29.5 Å². The van der Waals surface area contributed by atoms with Gasteiger partial charge in [0.15, 0.2) is 0 Å². The van der Waals surface area contributed by atoms with Crippen LogP contribution in [0.15, 0.2) is 17.5 Å². The zero-order chi connectivity index (χ0) is 12.1. The molecule has 17 heavy (non-hydrogen) atoms. The Balaban J connectivity index is 1.73. The lowest BCUT2D eigenvalue weighted by Crippen LogP contribution is -2.33. The fourth-order valence-electron chi connectivity index (χ4n) is 1.66. The second-order valence-electron chi connectivity index (χ2n) is 4.45. The zero-order valence-corrected chi connectivity index (χ0v) is 11.0. The van der Waals surface area contributed by atoms with E-state index in [1.54, 1.807) is 11.3 Å². The number of rotatable bonds is 7. The van der Waals surface area contributed by atoms with Crippen molar-refractivity contribution in [2.45, 2.75) is 26.3 Å². The number of carbonyl (C=O) groups is 1. The predicted molar refractivity (Wildman–Crippen MR) is 69.0 cm³/mol. The fourth-order valence-corrected chi connectivity index (χ4v) is 2.38. The van der Waals surface area contributed by atoms with Crippen molar-refractivity contribution in [3.05, 3.63) is 22.4 Å². The van der Waals surface area contributed by atoms with Gasteiger partial charge in [-0.1, -0.05) is 6.07 Å². The van der Waals surface area contributed by atoms with Gasteiger partial charge in [0.2, 0.25) is 5.91 Å². The quantitative estimate of drug-likeness (QED) is 0.747. The predicted octanol–water partition coefficient (Wildman–Crippen LogP) is 2.52. The highest BCUT2D eigenvalue weighted by atomic mass is 32.1. The monoisotopic (exact) mass is 253 g/mol. The highest BCUT2D eigenvalue weighted by Gasteiger charge is 2.22. The summed E-state index contributed by atoms with van der Waals surface area (Å²) in [4.78, 5) is 15.0. The maximum Gasteiger partial charge on any atom is 0.248 e. The Kier molecular flexibility index (Phi) is 4.57. The van der Waals surface area contributed by atoms with Crippen molar-refractivity contribution in [3.63, 3.8) is 0 Å². The maximum absolute atomic E-state index is 11.9. The summed E-state index contributed by atoms with van der Waals surface area (Å²) in [5.74, 6) is 0.816. The van der Waals surface area contributed by atoms with Crippen molar-refractivity contribution in [2.24, 2.45) is 5.92 Å². The zero-order valence-electron chi connectivity index (χ0n) is 10.2. The molecule has 1 aliphatic rings. The summed E-state index contributed by atoms with van der Waals surface area (Å²) in [6.45, 7) is 4.44. The van der Waals surface area contributed by atoms with E-state index < -0.39 is 0 Å². The van der Waals surface area contributed by atoms with E-state index in [1.807, 2.05) is 23.3 Å². The van der Waals surface area contributed by atoms with Crippen molar-refractivity contribution in [3.8, 4) is 0 Å². The highest BCUT2D eigenvalue weighted by Crippen LogP contribution is 2.28. The molecule has 2 rings (SSSR count). The molecule has 0 atom stereocenters. The molecule has 0 bridgehead atoms. The number of hydrogen-bond acceptors (Lipinski definition) is 3. The normalized spacial score (nSPS) is 14.9. The first-order valence-corrected chi connectivity index (χ1v) is 7.05. The van der Waals surface area contributed by atoms with Crippen LogP contribution in [-0.2, 0) is 16.1 Å². The van der Waals surface area contributed by atoms with Crippen LogP contribution in [0.25, 0.3) is 0 Å². The largest absolute Gasteiger partial charge is 0.371 e. The molecule has 0 radical (unpaired) electrons. The van der Waals surface area contributed by atoms with E-state index in [0.717, 1.165) is 19.1 Å². The van der Waals surface area contributed by atoms with E-state index in [9.17, 15) is 4.79 Å². The van der Waals surface area contributed by atoms with Crippen LogP contribution in [0.3, 0.4) is 0 Å². The van der Waals surface area contributed by atoms with Crippen LogP contribution in [0.4, 0.5) is 0 Å². The molecule has 1 saturated carbocycles. The molecule has 1 heterocycles. The van der Waals surface area contributed by atoms with Crippen molar-refractivity contribution >= 4 is 17.2 Å². The average molecular weight is 253 g/mol. The smallest absolute Gasteiger partial charge is 0.248 e.